The van der Waals surface area contributed by atoms with Crippen molar-refractivity contribution < 1.29 is 14.3 Å². The molecule has 1 aliphatic rings. The fourth-order valence-electron chi connectivity index (χ4n) is 3.18. The smallest absolute Gasteiger partial charge is 0.223 e. The molecule has 0 heterocycles. The summed E-state index contributed by atoms with van der Waals surface area (Å²) in [5.41, 5.74) is 9.06. The minimum Gasteiger partial charge on any atom is -0.497 e. The first kappa shape index (κ1) is 17.1. The van der Waals surface area contributed by atoms with Crippen molar-refractivity contribution in [1.82, 2.24) is 5.32 Å². The van der Waals surface area contributed by atoms with Crippen molar-refractivity contribution in [3.05, 3.63) is 53.6 Å². The second-order valence-electron chi connectivity index (χ2n) is 6.24. The first-order valence-corrected chi connectivity index (χ1v) is 8.60. The Morgan fingerprint density at radius 3 is 2.72 bits per heavy atom. The summed E-state index contributed by atoms with van der Waals surface area (Å²) in [6.45, 7) is 0.347. The van der Waals surface area contributed by atoms with Gasteiger partial charge in [-0.05, 0) is 66.8 Å². The summed E-state index contributed by atoms with van der Waals surface area (Å²) in [5, 5.41) is 3.12. The van der Waals surface area contributed by atoms with Gasteiger partial charge < -0.3 is 20.5 Å². The lowest BCUT2D eigenvalue weighted by atomic mass is 9.87. The standard InChI is InChI=1S/C20H24N2O3/c1-24-16-6-8-17(9-7-16)25-12-11-20(23)22-19-4-2-3-14-13-15(21)5-10-18(14)19/h5-10,13,19H,2-4,11-12,21H2,1H3,(H,22,23). The number of ether oxygens (including phenoxy) is 2. The summed E-state index contributed by atoms with van der Waals surface area (Å²) in [6.07, 6.45) is 3.37. The van der Waals surface area contributed by atoms with E-state index in [1.54, 1.807) is 7.11 Å². The second-order valence-corrected chi connectivity index (χ2v) is 6.24. The predicted molar refractivity (Wildman–Crippen MR) is 97.8 cm³/mol. The SMILES string of the molecule is COc1ccc(OCCC(=O)NC2CCCc3cc(N)ccc32)cc1. The molecule has 1 unspecified atom stereocenters. The number of methoxy groups -OCH3 is 1. The minimum atomic E-state index is 0.00295. The second kappa shape index (κ2) is 7.92. The van der Waals surface area contributed by atoms with Crippen molar-refractivity contribution in [1.29, 1.82) is 0 Å². The molecule has 0 saturated carbocycles. The summed E-state index contributed by atoms with van der Waals surface area (Å²) >= 11 is 0. The van der Waals surface area contributed by atoms with Gasteiger partial charge in [-0.1, -0.05) is 6.07 Å². The Morgan fingerprint density at radius 1 is 1.20 bits per heavy atom. The number of aryl methyl sites for hydroxylation is 1. The van der Waals surface area contributed by atoms with Crippen LogP contribution in [0.1, 0.15) is 36.4 Å². The number of nitrogens with one attached hydrogen (secondary N) is 1. The van der Waals surface area contributed by atoms with E-state index in [0.29, 0.717) is 13.0 Å². The zero-order chi connectivity index (χ0) is 17.6. The lowest BCUT2D eigenvalue weighted by molar-refractivity contribution is -0.122. The molecule has 3 N–H and O–H groups in total. The molecule has 0 radical (unpaired) electrons. The highest BCUT2D eigenvalue weighted by Gasteiger charge is 2.21. The van der Waals surface area contributed by atoms with Gasteiger partial charge in [0.1, 0.15) is 11.5 Å². The van der Waals surface area contributed by atoms with Gasteiger partial charge in [0.15, 0.2) is 0 Å². The number of amides is 1. The van der Waals surface area contributed by atoms with Crippen molar-refractivity contribution >= 4 is 11.6 Å². The highest BCUT2D eigenvalue weighted by molar-refractivity contribution is 5.76. The molecule has 0 aromatic heterocycles. The molecule has 1 aliphatic carbocycles. The van der Waals surface area contributed by atoms with Crippen LogP contribution in [0.2, 0.25) is 0 Å². The third-order valence-corrected chi connectivity index (χ3v) is 4.47. The molecule has 0 fully saturated rings. The first-order valence-electron chi connectivity index (χ1n) is 8.60. The molecular weight excluding hydrogens is 316 g/mol. The summed E-state index contributed by atoms with van der Waals surface area (Å²) in [5.74, 6) is 1.51. The number of nitrogen functional groups attached to an aromatic ring is 1. The van der Waals surface area contributed by atoms with Gasteiger partial charge in [-0.15, -0.1) is 0 Å². The first-order chi connectivity index (χ1) is 12.2. The van der Waals surface area contributed by atoms with Gasteiger partial charge in [0.2, 0.25) is 5.91 Å². The molecule has 5 nitrogen and oxygen atoms in total. The van der Waals surface area contributed by atoms with Crippen LogP contribution in [-0.4, -0.2) is 19.6 Å². The Balaban J connectivity index is 1.50. The van der Waals surface area contributed by atoms with Crippen molar-refractivity contribution in [2.75, 3.05) is 19.5 Å². The van der Waals surface area contributed by atoms with E-state index in [9.17, 15) is 4.79 Å². The topological polar surface area (TPSA) is 73.6 Å². The Hall–Kier alpha value is -2.69. The Kier molecular flexibility index (Phi) is 5.43. The summed E-state index contributed by atoms with van der Waals surface area (Å²) in [4.78, 5) is 12.2. The average Bonchev–Trinajstić information content (AvgIpc) is 2.62. The molecule has 3 rings (SSSR count). The van der Waals surface area contributed by atoms with E-state index in [1.807, 2.05) is 42.5 Å². The van der Waals surface area contributed by atoms with E-state index in [1.165, 1.54) is 11.1 Å². The average molecular weight is 340 g/mol. The van der Waals surface area contributed by atoms with E-state index in [4.69, 9.17) is 15.2 Å². The van der Waals surface area contributed by atoms with Crippen molar-refractivity contribution in [2.45, 2.75) is 31.7 Å². The zero-order valence-corrected chi connectivity index (χ0v) is 14.5. The van der Waals surface area contributed by atoms with Crippen LogP contribution < -0.4 is 20.5 Å². The van der Waals surface area contributed by atoms with Crippen LogP contribution in [0.25, 0.3) is 0 Å². The van der Waals surface area contributed by atoms with Crippen LogP contribution in [0.5, 0.6) is 11.5 Å². The Morgan fingerprint density at radius 2 is 1.96 bits per heavy atom. The van der Waals surface area contributed by atoms with E-state index in [2.05, 4.69) is 5.32 Å². The number of carbonyl (C=O) groups excluding carboxylic acids is 1. The quantitative estimate of drug-likeness (QED) is 0.792. The van der Waals surface area contributed by atoms with E-state index >= 15 is 0 Å². The zero-order valence-electron chi connectivity index (χ0n) is 14.5. The van der Waals surface area contributed by atoms with E-state index in [-0.39, 0.29) is 11.9 Å². The highest BCUT2D eigenvalue weighted by atomic mass is 16.5. The van der Waals surface area contributed by atoms with Gasteiger partial charge in [-0.3, -0.25) is 4.79 Å². The fraction of sp³-hybridized carbons (Fsp3) is 0.350. The van der Waals surface area contributed by atoms with E-state index in [0.717, 1.165) is 36.4 Å². The van der Waals surface area contributed by atoms with Gasteiger partial charge in [0.05, 0.1) is 26.2 Å². The predicted octanol–water partition coefficient (Wildman–Crippen LogP) is 3.24. The maximum absolute atomic E-state index is 12.2. The van der Waals surface area contributed by atoms with Crippen LogP contribution in [0.4, 0.5) is 5.69 Å². The molecule has 25 heavy (non-hydrogen) atoms. The van der Waals surface area contributed by atoms with Crippen LogP contribution >= 0.6 is 0 Å². The number of fused-ring (bicyclic) bond motifs is 1. The van der Waals surface area contributed by atoms with Crippen molar-refractivity contribution in [2.24, 2.45) is 0 Å². The molecule has 0 saturated heterocycles. The highest BCUT2D eigenvalue weighted by Crippen LogP contribution is 2.31. The van der Waals surface area contributed by atoms with Gasteiger partial charge >= 0.3 is 0 Å². The molecule has 2 aromatic rings. The number of rotatable bonds is 6. The van der Waals surface area contributed by atoms with Crippen LogP contribution in [0.15, 0.2) is 42.5 Å². The number of hydrogen-bond donors (Lipinski definition) is 2. The largest absolute Gasteiger partial charge is 0.497 e. The van der Waals surface area contributed by atoms with Crippen LogP contribution in [0, 0.1) is 0 Å². The molecular formula is C20H24N2O3. The molecule has 2 aromatic carbocycles. The monoisotopic (exact) mass is 340 g/mol. The molecule has 132 valence electrons. The van der Waals surface area contributed by atoms with Gasteiger partial charge in [-0.25, -0.2) is 0 Å². The molecule has 0 bridgehead atoms. The van der Waals surface area contributed by atoms with Gasteiger partial charge in [0, 0.05) is 5.69 Å². The van der Waals surface area contributed by atoms with Crippen LogP contribution in [-0.2, 0) is 11.2 Å². The minimum absolute atomic E-state index is 0.00295. The number of nitrogens with two attached hydrogens (primary N) is 1. The van der Waals surface area contributed by atoms with Crippen molar-refractivity contribution in [3.63, 3.8) is 0 Å². The molecule has 1 amide bonds. The van der Waals surface area contributed by atoms with Gasteiger partial charge in [-0.2, -0.15) is 0 Å². The number of benzene rings is 2. The summed E-state index contributed by atoms with van der Waals surface area (Å²) in [7, 11) is 1.62. The van der Waals surface area contributed by atoms with Crippen LogP contribution in [0.3, 0.4) is 0 Å². The number of anilines is 1. The third kappa shape index (κ3) is 4.44. The maximum atomic E-state index is 12.2. The fourth-order valence-corrected chi connectivity index (χ4v) is 3.18. The molecule has 0 spiro atoms. The Bertz CT molecular complexity index is 728. The molecule has 5 heteroatoms. The maximum Gasteiger partial charge on any atom is 0.223 e. The molecule has 0 aliphatic heterocycles. The normalized spacial score (nSPS) is 16.0. The summed E-state index contributed by atoms with van der Waals surface area (Å²) < 4.78 is 10.7. The van der Waals surface area contributed by atoms with E-state index < -0.39 is 0 Å². The van der Waals surface area contributed by atoms with Gasteiger partial charge in [0.25, 0.3) is 0 Å². The Labute approximate surface area is 148 Å². The third-order valence-electron chi connectivity index (χ3n) is 4.47. The number of hydrogen-bond acceptors (Lipinski definition) is 4. The molecule has 1 atom stereocenters. The number of carbonyl (C=O) groups is 1. The van der Waals surface area contributed by atoms with Crippen molar-refractivity contribution in [3.8, 4) is 11.5 Å². The lowest BCUT2D eigenvalue weighted by Gasteiger charge is -2.26. The lowest BCUT2D eigenvalue weighted by Crippen LogP contribution is -2.31. The summed E-state index contributed by atoms with van der Waals surface area (Å²) in [6, 6.07) is 13.3.